The summed E-state index contributed by atoms with van der Waals surface area (Å²) in [6, 6.07) is 0.544. The molecule has 1 aromatic carbocycles. The minimum Gasteiger partial charge on any atom is -0.394 e. The molecule has 0 spiro atoms. The van der Waals surface area contributed by atoms with Gasteiger partial charge in [-0.2, -0.15) is 0 Å². The van der Waals surface area contributed by atoms with Crippen LogP contribution in [-0.4, -0.2) is 66.4 Å². The molecular weight excluding hydrogens is 387 g/mol. The van der Waals surface area contributed by atoms with Crippen LogP contribution in [0, 0.1) is 17.5 Å². The van der Waals surface area contributed by atoms with E-state index in [1.807, 2.05) is 6.92 Å². The normalized spacial score (nSPS) is 28.5. The van der Waals surface area contributed by atoms with Gasteiger partial charge in [-0.1, -0.05) is 12.1 Å². The number of aliphatic hydroxyl groups excluding tert-OH is 3. The van der Waals surface area contributed by atoms with Crippen molar-refractivity contribution in [3.63, 3.8) is 0 Å². The number of benzene rings is 1. The quantitative estimate of drug-likeness (QED) is 0.641. The number of thioether (sulfide) groups is 1. The van der Waals surface area contributed by atoms with Crippen molar-refractivity contribution in [1.29, 1.82) is 0 Å². The number of ether oxygens (including phenoxy) is 1. The van der Waals surface area contributed by atoms with Gasteiger partial charge in [-0.25, -0.2) is 17.9 Å². The lowest BCUT2D eigenvalue weighted by atomic mass is 9.97. The summed E-state index contributed by atoms with van der Waals surface area (Å²) in [5.41, 5.74) is -0.736. The molecule has 3 rings (SSSR count). The van der Waals surface area contributed by atoms with Crippen molar-refractivity contribution in [2.45, 2.75) is 36.7 Å². The molecule has 2 aromatic rings. The van der Waals surface area contributed by atoms with Crippen molar-refractivity contribution >= 4 is 11.8 Å². The van der Waals surface area contributed by atoms with Gasteiger partial charge in [0.15, 0.2) is 17.5 Å². The largest absolute Gasteiger partial charge is 0.394 e. The molecule has 0 bridgehead atoms. The second kappa shape index (κ2) is 8.15. The summed E-state index contributed by atoms with van der Waals surface area (Å²) in [6.07, 6.45) is -2.15. The topological polar surface area (TPSA) is 101 Å². The van der Waals surface area contributed by atoms with Crippen molar-refractivity contribution in [1.82, 2.24) is 15.0 Å². The van der Waals surface area contributed by atoms with Crippen LogP contribution in [0.4, 0.5) is 13.2 Å². The van der Waals surface area contributed by atoms with E-state index in [4.69, 9.17) is 4.74 Å². The second-order valence-electron chi connectivity index (χ2n) is 5.99. The third kappa shape index (κ3) is 3.83. The summed E-state index contributed by atoms with van der Waals surface area (Å²) in [5.74, 6) is -3.71. The molecule has 2 heterocycles. The minimum absolute atomic E-state index is 0.0268. The Morgan fingerprint density at radius 3 is 2.44 bits per heavy atom. The lowest BCUT2D eigenvalue weighted by molar-refractivity contribution is -0.178. The summed E-state index contributed by atoms with van der Waals surface area (Å²) < 4.78 is 46.7. The van der Waals surface area contributed by atoms with Gasteiger partial charge in [0.1, 0.15) is 35.5 Å². The monoisotopic (exact) mass is 405 g/mol. The predicted molar refractivity (Wildman–Crippen MR) is 90.3 cm³/mol. The maximum Gasteiger partial charge on any atom is 0.194 e. The zero-order valence-corrected chi connectivity index (χ0v) is 15.0. The molecule has 0 saturated carbocycles. The van der Waals surface area contributed by atoms with Crippen molar-refractivity contribution < 1.29 is 33.2 Å². The van der Waals surface area contributed by atoms with Crippen LogP contribution in [0.3, 0.4) is 0 Å². The second-order valence-corrected chi connectivity index (χ2v) is 7.37. The Morgan fingerprint density at radius 1 is 1.19 bits per heavy atom. The first-order valence-corrected chi connectivity index (χ1v) is 9.23. The third-order valence-electron chi connectivity index (χ3n) is 4.27. The molecule has 1 aliphatic heterocycles. The van der Waals surface area contributed by atoms with Crippen LogP contribution in [0.15, 0.2) is 18.3 Å². The van der Waals surface area contributed by atoms with Crippen LogP contribution in [-0.2, 0) is 4.74 Å². The van der Waals surface area contributed by atoms with E-state index in [1.54, 1.807) is 0 Å². The van der Waals surface area contributed by atoms with E-state index in [2.05, 4.69) is 10.3 Å². The molecule has 148 valence electrons. The highest BCUT2D eigenvalue weighted by Gasteiger charge is 2.46. The number of halogens is 3. The summed E-state index contributed by atoms with van der Waals surface area (Å²) in [7, 11) is 0. The third-order valence-corrected chi connectivity index (χ3v) is 5.33. The van der Waals surface area contributed by atoms with Crippen molar-refractivity contribution in [3.05, 3.63) is 35.8 Å². The number of aliphatic hydroxyl groups is 3. The van der Waals surface area contributed by atoms with Gasteiger partial charge in [-0.3, -0.25) is 0 Å². The summed E-state index contributed by atoms with van der Waals surface area (Å²) in [4.78, 5) is 0. The highest BCUT2D eigenvalue weighted by atomic mass is 32.2. The summed E-state index contributed by atoms with van der Waals surface area (Å²) in [6.45, 7) is 1.39. The minimum atomic E-state index is -1.59. The van der Waals surface area contributed by atoms with E-state index in [1.165, 1.54) is 18.0 Å². The highest BCUT2D eigenvalue weighted by molar-refractivity contribution is 7.99. The maximum absolute atomic E-state index is 13.4. The fourth-order valence-corrected chi connectivity index (χ4v) is 3.85. The first-order chi connectivity index (χ1) is 12.9. The van der Waals surface area contributed by atoms with E-state index in [0.29, 0.717) is 5.75 Å². The zero-order chi connectivity index (χ0) is 19.7. The summed E-state index contributed by atoms with van der Waals surface area (Å²) >= 11 is 1.29. The molecule has 1 fully saturated rings. The first kappa shape index (κ1) is 20.1. The maximum atomic E-state index is 13.4. The van der Waals surface area contributed by atoms with Gasteiger partial charge in [0.25, 0.3) is 0 Å². The molecule has 0 aliphatic carbocycles. The Morgan fingerprint density at radius 2 is 1.85 bits per heavy atom. The van der Waals surface area contributed by atoms with Crippen molar-refractivity contribution in [2.75, 3.05) is 12.4 Å². The number of nitrogens with zero attached hydrogens (tertiary/aromatic N) is 3. The molecule has 7 nitrogen and oxygen atoms in total. The molecule has 5 atom stereocenters. The standard InChI is InChI=1S/C16H18F3N3O4S/c1-2-27-16-15(25)13(14(24)11(6-23)26-16)22-5-10(20-21-22)7-3-8(17)12(19)9(18)4-7/h3-5,11,13-16,23-25H,2,6H2,1H3/t11?,13?,14-,15?,16+/m0/s1. The molecule has 27 heavy (non-hydrogen) atoms. The van der Waals surface area contributed by atoms with Crippen molar-refractivity contribution in [2.24, 2.45) is 0 Å². The molecule has 0 amide bonds. The smallest absolute Gasteiger partial charge is 0.194 e. The van der Waals surface area contributed by atoms with E-state index in [0.717, 1.165) is 16.8 Å². The van der Waals surface area contributed by atoms with E-state index in [9.17, 15) is 28.5 Å². The molecule has 3 unspecified atom stereocenters. The Kier molecular flexibility index (Phi) is 6.06. The highest BCUT2D eigenvalue weighted by Crippen LogP contribution is 2.35. The van der Waals surface area contributed by atoms with E-state index in [-0.39, 0.29) is 11.3 Å². The van der Waals surface area contributed by atoms with Crippen LogP contribution in [0.5, 0.6) is 0 Å². The number of rotatable bonds is 5. The van der Waals surface area contributed by atoms with Crippen LogP contribution in [0.25, 0.3) is 11.3 Å². The summed E-state index contributed by atoms with van der Waals surface area (Å²) in [5, 5.41) is 38.0. The van der Waals surface area contributed by atoms with Gasteiger partial charge in [0, 0.05) is 5.56 Å². The molecule has 3 N–H and O–H groups in total. The van der Waals surface area contributed by atoms with Gasteiger partial charge in [-0.05, 0) is 17.9 Å². The van der Waals surface area contributed by atoms with Crippen LogP contribution in [0.2, 0.25) is 0 Å². The average Bonchev–Trinajstić information content (AvgIpc) is 3.11. The van der Waals surface area contributed by atoms with Crippen molar-refractivity contribution in [3.8, 4) is 11.3 Å². The number of hydrogen-bond acceptors (Lipinski definition) is 7. The predicted octanol–water partition coefficient (Wildman–Crippen LogP) is 1.10. The number of aromatic nitrogens is 3. The molecule has 11 heteroatoms. The fraction of sp³-hybridized carbons (Fsp3) is 0.500. The Balaban J connectivity index is 1.93. The van der Waals surface area contributed by atoms with Gasteiger partial charge < -0.3 is 20.1 Å². The lowest BCUT2D eigenvalue weighted by Gasteiger charge is -2.41. The van der Waals surface area contributed by atoms with Crippen LogP contribution >= 0.6 is 11.8 Å². The Labute approximate surface area is 156 Å². The van der Waals surface area contributed by atoms with Gasteiger partial charge >= 0.3 is 0 Å². The Bertz CT molecular complexity index is 786. The van der Waals surface area contributed by atoms with Gasteiger partial charge in [0.05, 0.1) is 12.8 Å². The molecule has 0 radical (unpaired) electrons. The average molecular weight is 405 g/mol. The fourth-order valence-electron chi connectivity index (χ4n) is 2.94. The zero-order valence-electron chi connectivity index (χ0n) is 14.2. The molecule has 1 saturated heterocycles. The number of hydrogen-bond donors (Lipinski definition) is 3. The van der Waals surface area contributed by atoms with E-state index < -0.39 is 53.8 Å². The Hall–Kier alpha value is -1.66. The van der Waals surface area contributed by atoms with E-state index >= 15 is 0 Å². The van der Waals surface area contributed by atoms with Crippen LogP contribution in [0.1, 0.15) is 13.0 Å². The molecule has 1 aliphatic rings. The SMILES string of the molecule is CCS[C@H]1OC(CO)[C@H](O)C(n2cc(-c3cc(F)c(F)c(F)c3)nn2)C1O. The van der Waals surface area contributed by atoms with Crippen LogP contribution < -0.4 is 0 Å². The lowest BCUT2D eigenvalue weighted by Crippen LogP contribution is -2.55. The molecular formula is C16H18F3N3O4S. The van der Waals surface area contributed by atoms with Gasteiger partial charge in [0.2, 0.25) is 0 Å². The first-order valence-electron chi connectivity index (χ1n) is 8.18. The van der Waals surface area contributed by atoms with Gasteiger partial charge in [-0.15, -0.1) is 16.9 Å². The molecule has 1 aromatic heterocycles.